The van der Waals surface area contributed by atoms with Crippen molar-refractivity contribution >= 4 is 22.5 Å². The van der Waals surface area contributed by atoms with E-state index in [1.165, 1.54) is 0 Å². The minimum absolute atomic E-state index is 0.288. The van der Waals surface area contributed by atoms with Crippen LogP contribution in [0.3, 0.4) is 0 Å². The van der Waals surface area contributed by atoms with E-state index in [4.69, 9.17) is 9.72 Å². The van der Waals surface area contributed by atoms with E-state index >= 15 is 0 Å². The molecule has 7 heteroatoms. The van der Waals surface area contributed by atoms with Crippen LogP contribution in [0, 0.1) is 6.92 Å². The number of ether oxygens (including phenoxy) is 1. The lowest BCUT2D eigenvalue weighted by atomic mass is 10.1. The SMILES string of the molecule is CCOCc1nc(Nc2ccc(CF)cc2)c2ccc(-c3ncccc3C)nc2n1. The van der Waals surface area contributed by atoms with E-state index < -0.39 is 6.67 Å². The summed E-state index contributed by atoms with van der Waals surface area (Å²) in [5, 5.41) is 4.08. The third-order valence-electron chi connectivity index (χ3n) is 4.66. The normalized spacial score (nSPS) is 11.0. The van der Waals surface area contributed by atoms with Gasteiger partial charge < -0.3 is 10.1 Å². The van der Waals surface area contributed by atoms with Gasteiger partial charge in [0.15, 0.2) is 11.5 Å². The first-order valence-electron chi connectivity index (χ1n) is 9.77. The average Bonchev–Trinajstić information content (AvgIpc) is 2.78. The molecule has 0 bridgehead atoms. The molecule has 0 spiro atoms. The number of nitrogens with one attached hydrogen (secondary N) is 1. The van der Waals surface area contributed by atoms with Crippen LogP contribution in [0.4, 0.5) is 15.9 Å². The third kappa shape index (κ3) is 4.26. The fraction of sp³-hybridized carbons (Fsp3) is 0.217. The first-order valence-corrected chi connectivity index (χ1v) is 9.77. The topological polar surface area (TPSA) is 72.8 Å². The van der Waals surface area contributed by atoms with E-state index in [1.807, 2.05) is 50.2 Å². The Hall–Kier alpha value is -3.45. The van der Waals surface area contributed by atoms with Gasteiger partial charge in [-0.2, -0.15) is 0 Å². The molecule has 3 heterocycles. The summed E-state index contributed by atoms with van der Waals surface area (Å²) in [4.78, 5) is 18.4. The fourth-order valence-corrected chi connectivity index (χ4v) is 3.11. The molecule has 0 aliphatic rings. The van der Waals surface area contributed by atoms with E-state index in [2.05, 4.69) is 20.3 Å². The number of fused-ring (bicyclic) bond motifs is 1. The van der Waals surface area contributed by atoms with Crippen molar-refractivity contribution in [1.82, 2.24) is 19.9 Å². The molecule has 30 heavy (non-hydrogen) atoms. The van der Waals surface area contributed by atoms with Crippen molar-refractivity contribution in [3.05, 3.63) is 71.7 Å². The fourth-order valence-electron chi connectivity index (χ4n) is 3.11. The van der Waals surface area contributed by atoms with Crippen molar-refractivity contribution in [3.63, 3.8) is 0 Å². The van der Waals surface area contributed by atoms with Crippen molar-refractivity contribution in [2.75, 3.05) is 11.9 Å². The van der Waals surface area contributed by atoms with E-state index in [0.717, 1.165) is 28.0 Å². The molecule has 1 N–H and O–H groups in total. The van der Waals surface area contributed by atoms with Crippen LogP contribution in [-0.2, 0) is 18.0 Å². The molecule has 152 valence electrons. The van der Waals surface area contributed by atoms with Crippen LogP contribution in [0.1, 0.15) is 23.9 Å². The first kappa shape index (κ1) is 19.8. The van der Waals surface area contributed by atoms with Crippen LogP contribution in [0.5, 0.6) is 0 Å². The Morgan fingerprint density at radius 1 is 1.00 bits per heavy atom. The molecule has 0 aliphatic heterocycles. The summed E-state index contributed by atoms with van der Waals surface area (Å²) in [6, 6.07) is 14.9. The molecule has 1 aromatic carbocycles. The number of nitrogens with zero attached hydrogens (tertiary/aromatic N) is 4. The Morgan fingerprint density at radius 3 is 2.57 bits per heavy atom. The Balaban J connectivity index is 1.78. The maximum atomic E-state index is 12.8. The van der Waals surface area contributed by atoms with Gasteiger partial charge in [-0.05, 0) is 55.3 Å². The number of alkyl halides is 1. The van der Waals surface area contributed by atoms with Gasteiger partial charge in [-0.1, -0.05) is 18.2 Å². The molecule has 0 radical (unpaired) electrons. The second-order valence-electron chi connectivity index (χ2n) is 6.82. The molecule has 6 nitrogen and oxygen atoms in total. The number of rotatable bonds is 7. The van der Waals surface area contributed by atoms with Crippen molar-refractivity contribution in [2.24, 2.45) is 0 Å². The third-order valence-corrected chi connectivity index (χ3v) is 4.66. The lowest BCUT2D eigenvalue weighted by molar-refractivity contribution is 0.128. The number of anilines is 2. The first-order chi connectivity index (χ1) is 14.7. The van der Waals surface area contributed by atoms with Crippen LogP contribution in [-0.4, -0.2) is 26.5 Å². The second-order valence-corrected chi connectivity index (χ2v) is 6.82. The zero-order valence-corrected chi connectivity index (χ0v) is 16.9. The predicted octanol–water partition coefficient (Wildman–Crippen LogP) is 5.14. The van der Waals surface area contributed by atoms with Gasteiger partial charge in [0.25, 0.3) is 0 Å². The second kappa shape index (κ2) is 8.92. The molecule has 0 saturated carbocycles. The van der Waals surface area contributed by atoms with Gasteiger partial charge in [-0.3, -0.25) is 4.98 Å². The predicted molar refractivity (Wildman–Crippen MR) is 115 cm³/mol. The standard InChI is InChI=1S/C23H22FN5O/c1-3-30-14-20-28-22(26-17-8-6-16(13-24)7-9-17)18-10-11-19(27-23(18)29-20)21-15(2)5-4-12-25-21/h4-12H,3,13-14H2,1-2H3,(H,26,27,28,29). The number of aromatic nitrogens is 4. The van der Waals surface area contributed by atoms with Crippen molar-refractivity contribution in [1.29, 1.82) is 0 Å². The van der Waals surface area contributed by atoms with Crippen molar-refractivity contribution in [2.45, 2.75) is 27.1 Å². The highest BCUT2D eigenvalue weighted by Gasteiger charge is 2.13. The molecule has 0 unspecified atom stereocenters. The van der Waals surface area contributed by atoms with Gasteiger partial charge in [-0.25, -0.2) is 19.3 Å². The summed E-state index contributed by atoms with van der Waals surface area (Å²) in [6.45, 7) is 4.29. The summed E-state index contributed by atoms with van der Waals surface area (Å²) in [7, 11) is 0. The molecule has 0 amide bonds. The Morgan fingerprint density at radius 2 is 1.83 bits per heavy atom. The quantitative estimate of drug-likeness (QED) is 0.460. The van der Waals surface area contributed by atoms with Crippen molar-refractivity contribution < 1.29 is 9.13 Å². The summed E-state index contributed by atoms with van der Waals surface area (Å²) in [5.41, 5.74) is 4.60. The molecule has 3 aromatic heterocycles. The lowest BCUT2D eigenvalue weighted by Crippen LogP contribution is -2.05. The minimum Gasteiger partial charge on any atom is -0.374 e. The smallest absolute Gasteiger partial charge is 0.165 e. The zero-order valence-electron chi connectivity index (χ0n) is 16.9. The molecule has 0 aliphatic carbocycles. The van der Waals surface area contributed by atoms with Crippen molar-refractivity contribution in [3.8, 4) is 11.4 Å². The highest BCUT2D eigenvalue weighted by atomic mass is 19.1. The molecular formula is C23H22FN5O. The Bertz CT molecular complexity index is 1160. The Labute approximate surface area is 174 Å². The molecule has 0 atom stereocenters. The maximum Gasteiger partial charge on any atom is 0.165 e. The molecule has 0 saturated heterocycles. The average molecular weight is 403 g/mol. The van der Waals surface area contributed by atoms with E-state index in [1.54, 1.807) is 18.3 Å². The lowest BCUT2D eigenvalue weighted by Gasteiger charge is -2.12. The molecule has 4 rings (SSSR count). The van der Waals surface area contributed by atoms with E-state index in [-0.39, 0.29) is 6.61 Å². The maximum absolute atomic E-state index is 12.8. The summed E-state index contributed by atoms with van der Waals surface area (Å²) in [5.74, 6) is 1.16. The number of aryl methyl sites for hydroxylation is 1. The van der Waals surface area contributed by atoms with Gasteiger partial charge in [0.1, 0.15) is 19.1 Å². The van der Waals surface area contributed by atoms with Crippen LogP contribution in [0.25, 0.3) is 22.4 Å². The van der Waals surface area contributed by atoms with Gasteiger partial charge in [0, 0.05) is 18.5 Å². The van der Waals surface area contributed by atoms with Crippen LogP contribution >= 0.6 is 0 Å². The number of hydrogen-bond acceptors (Lipinski definition) is 6. The number of halogens is 1. The number of pyridine rings is 2. The molecular weight excluding hydrogens is 381 g/mol. The van der Waals surface area contributed by atoms with Gasteiger partial charge >= 0.3 is 0 Å². The summed E-state index contributed by atoms with van der Waals surface area (Å²) in [6.07, 6.45) is 1.75. The molecule has 4 aromatic rings. The monoisotopic (exact) mass is 403 g/mol. The van der Waals surface area contributed by atoms with E-state index in [9.17, 15) is 4.39 Å². The Kier molecular flexibility index (Phi) is 5.90. The van der Waals surface area contributed by atoms with Gasteiger partial charge in [0.2, 0.25) is 0 Å². The van der Waals surface area contributed by atoms with Crippen LogP contribution in [0.2, 0.25) is 0 Å². The highest BCUT2D eigenvalue weighted by molar-refractivity contribution is 5.90. The van der Waals surface area contributed by atoms with Gasteiger partial charge in [0.05, 0.1) is 16.8 Å². The van der Waals surface area contributed by atoms with E-state index in [0.29, 0.717) is 29.5 Å². The number of benzene rings is 1. The van der Waals surface area contributed by atoms with Crippen LogP contribution in [0.15, 0.2) is 54.7 Å². The van der Waals surface area contributed by atoms with Gasteiger partial charge in [-0.15, -0.1) is 0 Å². The van der Waals surface area contributed by atoms with Crippen LogP contribution < -0.4 is 5.32 Å². The summed E-state index contributed by atoms with van der Waals surface area (Å²) < 4.78 is 18.3. The number of hydrogen-bond donors (Lipinski definition) is 1. The minimum atomic E-state index is -0.491. The molecule has 0 fully saturated rings. The highest BCUT2D eigenvalue weighted by Crippen LogP contribution is 2.27. The summed E-state index contributed by atoms with van der Waals surface area (Å²) >= 11 is 0. The zero-order chi connectivity index (χ0) is 20.9. The largest absolute Gasteiger partial charge is 0.374 e.